The Kier molecular flexibility index (Phi) is 6.43. The van der Waals surface area contributed by atoms with Crippen molar-refractivity contribution in [2.45, 2.75) is 13.0 Å². The van der Waals surface area contributed by atoms with Crippen molar-refractivity contribution in [2.75, 3.05) is 46.4 Å². The zero-order valence-electron chi connectivity index (χ0n) is 12.6. The number of aromatic nitrogens is 1. The summed E-state index contributed by atoms with van der Waals surface area (Å²) >= 11 is 0. The highest BCUT2D eigenvalue weighted by Crippen LogP contribution is 2.04. The maximum absolute atomic E-state index is 12.2. The Morgan fingerprint density at radius 3 is 3.00 bits per heavy atom. The van der Waals surface area contributed by atoms with Gasteiger partial charge in [-0.2, -0.15) is 0 Å². The number of nitrogens with zero attached hydrogens (tertiary/aromatic N) is 3. The van der Waals surface area contributed by atoms with Crippen LogP contribution in [-0.2, 0) is 11.3 Å². The normalized spacial score (nSPS) is 16.5. The average Bonchev–Trinajstić information content (AvgIpc) is 2.77. The summed E-state index contributed by atoms with van der Waals surface area (Å²) < 4.78 is 5.11. The molecular formula is C15H24N4O2. The zero-order valence-corrected chi connectivity index (χ0v) is 12.6. The lowest BCUT2D eigenvalue weighted by Gasteiger charge is -2.22. The summed E-state index contributed by atoms with van der Waals surface area (Å²) in [6, 6.07) is 5.70. The van der Waals surface area contributed by atoms with E-state index in [0.717, 1.165) is 51.4 Å². The predicted molar refractivity (Wildman–Crippen MR) is 81.0 cm³/mol. The molecule has 6 heteroatoms. The van der Waals surface area contributed by atoms with Gasteiger partial charge in [-0.15, -0.1) is 0 Å². The minimum Gasteiger partial charge on any atom is -0.383 e. The van der Waals surface area contributed by atoms with Crippen molar-refractivity contribution in [2.24, 2.45) is 0 Å². The number of methoxy groups -OCH3 is 1. The van der Waals surface area contributed by atoms with E-state index in [9.17, 15) is 4.79 Å². The number of amides is 2. The van der Waals surface area contributed by atoms with Crippen LogP contribution in [0.4, 0.5) is 4.79 Å². The molecule has 6 nitrogen and oxygen atoms in total. The smallest absolute Gasteiger partial charge is 0.317 e. The van der Waals surface area contributed by atoms with E-state index in [4.69, 9.17) is 4.74 Å². The summed E-state index contributed by atoms with van der Waals surface area (Å²) in [6.45, 7) is 5.64. The molecule has 0 aromatic carbocycles. The number of pyridine rings is 1. The van der Waals surface area contributed by atoms with Crippen LogP contribution in [-0.4, -0.2) is 67.3 Å². The van der Waals surface area contributed by atoms with Gasteiger partial charge in [-0.25, -0.2) is 4.79 Å². The second-order valence-corrected chi connectivity index (χ2v) is 5.15. The summed E-state index contributed by atoms with van der Waals surface area (Å²) in [7, 11) is 1.72. The van der Waals surface area contributed by atoms with Crippen LogP contribution in [0.2, 0.25) is 0 Å². The molecule has 0 unspecified atom stereocenters. The number of carbonyl (C=O) groups excluding carboxylic acids is 1. The SMILES string of the molecule is COCCN1CCCN(C(=O)NCc2ccccn2)CC1. The number of ether oxygens (including phenoxy) is 1. The Morgan fingerprint density at radius 1 is 1.33 bits per heavy atom. The van der Waals surface area contributed by atoms with E-state index >= 15 is 0 Å². The molecule has 1 fully saturated rings. The third-order valence-corrected chi connectivity index (χ3v) is 3.63. The monoisotopic (exact) mass is 292 g/mol. The van der Waals surface area contributed by atoms with Gasteiger partial charge in [0.05, 0.1) is 18.8 Å². The van der Waals surface area contributed by atoms with Crippen molar-refractivity contribution in [1.82, 2.24) is 20.1 Å². The van der Waals surface area contributed by atoms with E-state index in [-0.39, 0.29) is 6.03 Å². The van der Waals surface area contributed by atoms with Crippen molar-refractivity contribution < 1.29 is 9.53 Å². The molecule has 2 heterocycles. The number of urea groups is 1. The summed E-state index contributed by atoms with van der Waals surface area (Å²) in [4.78, 5) is 20.6. The maximum Gasteiger partial charge on any atom is 0.317 e. The molecule has 116 valence electrons. The van der Waals surface area contributed by atoms with Crippen molar-refractivity contribution in [3.63, 3.8) is 0 Å². The molecule has 1 aliphatic rings. The second-order valence-electron chi connectivity index (χ2n) is 5.15. The van der Waals surface area contributed by atoms with Gasteiger partial charge in [0.15, 0.2) is 0 Å². The van der Waals surface area contributed by atoms with Crippen LogP contribution >= 0.6 is 0 Å². The Morgan fingerprint density at radius 2 is 2.24 bits per heavy atom. The number of nitrogens with one attached hydrogen (secondary N) is 1. The highest BCUT2D eigenvalue weighted by molar-refractivity contribution is 5.74. The first kappa shape index (κ1) is 15.7. The molecule has 1 N–H and O–H groups in total. The average molecular weight is 292 g/mol. The van der Waals surface area contributed by atoms with Gasteiger partial charge in [0.2, 0.25) is 0 Å². The lowest BCUT2D eigenvalue weighted by molar-refractivity contribution is 0.149. The molecule has 2 amide bonds. The van der Waals surface area contributed by atoms with Crippen LogP contribution in [0.1, 0.15) is 12.1 Å². The summed E-state index contributed by atoms with van der Waals surface area (Å²) in [5.74, 6) is 0. The summed E-state index contributed by atoms with van der Waals surface area (Å²) in [6.07, 6.45) is 2.74. The van der Waals surface area contributed by atoms with Crippen molar-refractivity contribution >= 4 is 6.03 Å². The van der Waals surface area contributed by atoms with Crippen LogP contribution in [0, 0.1) is 0 Å². The Balaban J connectivity index is 1.75. The first-order valence-corrected chi connectivity index (χ1v) is 7.43. The molecule has 0 radical (unpaired) electrons. The predicted octanol–water partition coefficient (Wildman–Crippen LogP) is 0.945. The van der Waals surface area contributed by atoms with Gasteiger partial charge in [0, 0.05) is 39.5 Å². The molecule has 0 spiro atoms. The Bertz CT molecular complexity index is 427. The lowest BCUT2D eigenvalue weighted by atomic mass is 10.3. The third kappa shape index (κ3) is 5.32. The van der Waals surface area contributed by atoms with Crippen LogP contribution in [0.15, 0.2) is 24.4 Å². The van der Waals surface area contributed by atoms with Gasteiger partial charge >= 0.3 is 6.03 Å². The Hall–Kier alpha value is -1.66. The molecular weight excluding hydrogens is 268 g/mol. The van der Waals surface area contributed by atoms with E-state index in [1.807, 2.05) is 23.1 Å². The van der Waals surface area contributed by atoms with Crippen LogP contribution in [0.5, 0.6) is 0 Å². The third-order valence-electron chi connectivity index (χ3n) is 3.63. The molecule has 0 saturated carbocycles. The van der Waals surface area contributed by atoms with E-state index in [1.54, 1.807) is 13.3 Å². The van der Waals surface area contributed by atoms with Crippen LogP contribution in [0.25, 0.3) is 0 Å². The van der Waals surface area contributed by atoms with Crippen LogP contribution < -0.4 is 5.32 Å². The zero-order chi connectivity index (χ0) is 14.9. The first-order valence-electron chi connectivity index (χ1n) is 7.43. The van der Waals surface area contributed by atoms with Gasteiger partial charge in [-0.1, -0.05) is 6.07 Å². The van der Waals surface area contributed by atoms with Gasteiger partial charge in [-0.05, 0) is 25.1 Å². The van der Waals surface area contributed by atoms with E-state index in [1.165, 1.54) is 0 Å². The number of carbonyl (C=O) groups is 1. The lowest BCUT2D eigenvalue weighted by Crippen LogP contribution is -2.42. The highest BCUT2D eigenvalue weighted by Gasteiger charge is 2.18. The topological polar surface area (TPSA) is 57.7 Å². The van der Waals surface area contributed by atoms with Crippen LogP contribution in [0.3, 0.4) is 0 Å². The largest absolute Gasteiger partial charge is 0.383 e. The van der Waals surface area contributed by atoms with Gasteiger partial charge in [-0.3, -0.25) is 9.88 Å². The first-order chi connectivity index (χ1) is 10.3. The standard InChI is InChI=1S/C15H24N4O2/c1-21-12-11-18-7-4-8-19(10-9-18)15(20)17-13-14-5-2-3-6-16-14/h2-3,5-6H,4,7-13H2,1H3,(H,17,20). The van der Waals surface area contributed by atoms with Crippen molar-refractivity contribution in [1.29, 1.82) is 0 Å². The maximum atomic E-state index is 12.2. The van der Waals surface area contributed by atoms with E-state index in [0.29, 0.717) is 6.54 Å². The molecule has 0 bridgehead atoms. The fraction of sp³-hybridized carbons (Fsp3) is 0.600. The fourth-order valence-corrected chi connectivity index (χ4v) is 2.40. The van der Waals surface area contributed by atoms with Gasteiger partial charge in [0.1, 0.15) is 0 Å². The molecule has 1 aliphatic heterocycles. The number of hydrogen-bond donors (Lipinski definition) is 1. The summed E-state index contributed by atoms with van der Waals surface area (Å²) in [5.41, 5.74) is 0.877. The van der Waals surface area contributed by atoms with E-state index in [2.05, 4.69) is 15.2 Å². The van der Waals surface area contributed by atoms with Gasteiger partial charge in [0.25, 0.3) is 0 Å². The van der Waals surface area contributed by atoms with Gasteiger partial charge < -0.3 is 15.0 Å². The number of rotatable bonds is 5. The molecule has 1 saturated heterocycles. The minimum atomic E-state index is -0.00533. The van der Waals surface area contributed by atoms with Crippen molar-refractivity contribution in [3.05, 3.63) is 30.1 Å². The molecule has 1 aromatic rings. The molecule has 0 atom stereocenters. The van der Waals surface area contributed by atoms with Crippen molar-refractivity contribution in [3.8, 4) is 0 Å². The Labute approximate surface area is 126 Å². The quantitative estimate of drug-likeness (QED) is 0.878. The fourth-order valence-electron chi connectivity index (χ4n) is 2.40. The summed E-state index contributed by atoms with van der Waals surface area (Å²) in [5, 5.41) is 2.94. The molecule has 0 aliphatic carbocycles. The van der Waals surface area contributed by atoms with E-state index < -0.39 is 0 Å². The molecule has 1 aromatic heterocycles. The minimum absolute atomic E-state index is 0.00533. The molecule has 21 heavy (non-hydrogen) atoms. The number of hydrogen-bond acceptors (Lipinski definition) is 4. The molecule has 2 rings (SSSR count). The second kappa shape index (κ2) is 8.59. The highest BCUT2D eigenvalue weighted by atomic mass is 16.5.